The molecule has 1 amide bonds. The quantitative estimate of drug-likeness (QED) is 0.706. The van der Waals surface area contributed by atoms with Crippen molar-refractivity contribution in [2.75, 3.05) is 19.6 Å². The molecule has 3 heteroatoms. The molecule has 1 aliphatic heterocycles. The highest BCUT2D eigenvalue weighted by Crippen LogP contribution is 2.17. The molecule has 3 nitrogen and oxygen atoms in total. The zero-order chi connectivity index (χ0) is 9.84. The highest BCUT2D eigenvalue weighted by atomic mass is 16.2. The maximum Gasteiger partial charge on any atom is 0.222 e. The molecule has 76 valence electrons. The highest BCUT2D eigenvalue weighted by molar-refractivity contribution is 5.76. The Bertz CT molecular complexity index is 180. The first-order chi connectivity index (χ1) is 6.13. The lowest BCUT2D eigenvalue weighted by molar-refractivity contribution is -0.135. The summed E-state index contributed by atoms with van der Waals surface area (Å²) in [7, 11) is 0. The average Bonchev–Trinajstić information content (AvgIpc) is 2.08. The van der Waals surface area contributed by atoms with Crippen molar-refractivity contribution in [2.45, 2.75) is 26.7 Å². The van der Waals surface area contributed by atoms with Crippen LogP contribution in [0.4, 0.5) is 0 Å². The van der Waals surface area contributed by atoms with Gasteiger partial charge in [-0.05, 0) is 24.8 Å². The third-order valence-corrected chi connectivity index (χ3v) is 2.52. The summed E-state index contributed by atoms with van der Waals surface area (Å²) < 4.78 is 0. The molecule has 0 spiro atoms. The molecule has 1 rings (SSSR count). The van der Waals surface area contributed by atoms with Gasteiger partial charge in [-0.25, -0.2) is 0 Å². The standard InChI is InChI=1S/C10H20N2O/c1-8(2)6-12-7-9(5-11)3-4-10(12)13/h8-9H,3-7,11H2,1-2H3. The summed E-state index contributed by atoms with van der Waals surface area (Å²) in [5, 5.41) is 0. The van der Waals surface area contributed by atoms with Gasteiger partial charge in [0.1, 0.15) is 0 Å². The van der Waals surface area contributed by atoms with E-state index in [2.05, 4.69) is 13.8 Å². The molecule has 1 atom stereocenters. The average molecular weight is 184 g/mol. The van der Waals surface area contributed by atoms with Gasteiger partial charge >= 0.3 is 0 Å². The fourth-order valence-electron chi connectivity index (χ4n) is 1.80. The molecule has 13 heavy (non-hydrogen) atoms. The van der Waals surface area contributed by atoms with Crippen LogP contribution < -0.4 is 5.73 Å². The third kappa shape index (κ3) is 2.99. The Balaban J connectivity index is 2.45. The van der Waals surface area contributed by atoms with E-state index < -0.39 is 0 Å². The Kier molecular flexibility index (Phi) is 3.72. The van der Waals surface area contributed by atoms with Crippen LogP contribution in [0.5, 0.6) is 0 Å². The van der Waals surface area contributed by atoms with Gasteiger partial charge in [-0.3, -0.25) is 4.79 Å². The number of carbonyl (C=O) groups excluding carboxylic acids is 1. The van der Waals surface area contributed by atoms with Crippen LogP contribution in [0.1, 0.15) is 26.7 Å². The summed E-state index contributed by atoms with van der Waals surface area (Å²) in [6.07, 6.45) is 1.67. The summed E-state index contributed by atoms with van der Waals surface area (Å²) in [4.78, 5) is 13.4. The van der Waals surface area contributed by atoms with Gasteiger partial charge < -0.3 is 10.6 Å². The van der Waals surface area contributed by atoms with Crippen molar-refractivity contribution in [2.24, 2.45) is 17.6 Å². The molecule has 2 N–H and O–H groups in total. The van der Waals surface area contributed by atoms with Gasteiger partial charge in [0.25, 0.3) is 0 Å². The van der Waals surface area contributed by atoms with Crippen LogP contribution in [0.15, 0.2) is 0 Å². The molecule has 0 saturated carbocycles. The fraction of sp³-hybridized carbons (Fsp3) is 0.900. The zero-order valence-electron chi connectivity index (χ0n) is 8.62. The summed E-state index contributed by atoms with van der Waals surface area (Å²) in [6, 6.07) is 0. The molecule has 1 fully saturated rings. The third-order valence-electron chi connectivity index (χ3n) is 2.52. The van der Waals surface area contributed by atoms with Crippen LogP contribution in [-0.2, 0) is 4.79 Å². The summed E-state index contributed by atoms with van der Waals surface area (Å²) in [5.74, 6) is 1.38. The molecule has 0 aromatic heterocycles. The lowest BCUT2D eigenvalue weighted by Gasteiger charge is -2.33. The second-order valence-corrected chi connectivity index (χ2v) is 4.33. The number of amides is 1. The van der Waals surface area contributed by atoms with Crippen LogP contribution in [0.3, 0.4) is 0 Å². The van der Waals surface area contributed by atoms with Crippen LogP contribution >= 0.6 is 0 Å². The predicted molar refractivity (Wildman–Crippen MR) is 53.2 cm³/mol. The SMILES string of the molecule is CC(C)CN1CC(CN)CCC1=O. The maximum absolute atomic E-state index is 11.5. The van der Waals surface area contributed by atoms with Gasteiger partial charge in [-0.2, -0.15) is 0 Å². The van der Waals surface area contributed by atoms with Crippen LogP contribution in [0, 0.1) is 11.8 Å². The van der Waals surface area contributed by atoms with Gasteiger partial charge in [-0.1, -0.05) is 13.8 Å². The molecular formula is C10H20N2O. The van der Waals surface area contributed by atoms with E-state index in [0.717, 1.165) is 19.5 Å². The van der Waals surface area contributed by atoms with E-state index in [-0.39, 0.29) is 0 Å². The van der Waals surface area contributed by atoms with Gasteiger partial charge in [-0.15, -0.1) is 0 Å². The topological polar surface area (TPSA) is 46.3 Å². The Labute approximate surface area is 80.3 Å². The van der Waals surface area contributed by atoms with Crippen LogP contribution in [0.2, 0.25) is 0 Å². The van der Waals surface area contributed by atoms with Crippen molar-refractivity contribution in [1.82, 2.24) is 4.90 Å². The normalized spacial score (nSPS) is 24.2. The van der Waals surface area contributed by atoms with E-state index in [4.69, 9.17) is 5.73 Å². The van der Waals surface area contributed by atoms with Gasteiger partial charge in [0.2, 0.25) is 5.91 Å². The Morgan fingerprint density at radius 2 is 2.31 bits per heavy atom. The summed E-state index contributed by atoms with van der Waals surface area (Å²) in [6.45, 7) is 6.74. The lowest BCUT2D eigenvalue weighted by Crippen LogP contribution is -2.43. The lowest BCUT2D eigenvalue weighted by atomic mass is 9.97. The first kappa shape index (κ1) is 10.5. The van der Waals surface area contributed by atoms with E-state index in [1.165, 1.54) is 0 Å². The van der Waals surface area contributed by atoms with Gasteiger partial charge in [0, 0.05) is 19.5 Å². The number of carbonyl (C=O) groups is 1. The second-order valence-electron chi connectivity index (χ2n) is 4.33. The number of piperidine rings is 1. The van der Waals surface area contributed by atoms with Crippen molar-refractivity contribution in [3.05, 3.63) is 0 Å². The molecular weight excluding hydrogens is 164 g/mol. The fourth-order valence-corrected chi connectivity index (χ4v) is 1.80. The van der Waals surface area contributed by atoms with Gasteiger partial charge in [0.05, 0.1) is 0 Å². The van der Waals surface area contributed by atoms with Crippen molar-refractivity contribution < 1.29 is 4.79 Å². The molecule has 0 bridgehead atoms. The minimum atomic E-state index is 0.304. The van der Waals surface area contributed by atoms with E-state index >= 15 is 0 Å². The molecule has 1 saturated heterocycles. The monoisotopic (exact) mass is 184 g/mol. The van der Waals surface area contributed by atoms with Crippen molar-refractivity contribution >= 4 is 5.91 Å². The number of nitrogens with zero attached hydrogens (tertiary/aromatic N) is 1. The van der Waals surface area contributed by atoms with E-state index in [0.29, 0.717) is 30.7 Å². The van der Waals surface area contributed by atoms with Crippen LogP contribution in [0.25, 0.3) is 0 Å². The number of hydrogen-bond acceptors (Lipinski definition) is 2. The minimum Gasteiger partial charge on any atom is -0.342 e. The Hall–Kier alpha value is -0.570. The van der Waals surface area contributed by atoms with Gasteiger partial charge in [0.15, 0.2) is 0 Å². The van der Waals surface area contributed by atoms with E-state index in [9.17, 15) is 4.79 Å². The molecule has 0 aliphatic carbocycles. The summed E-state index contributed by atoms with van der Waals surface area (Å²) >= 11 is 0. The predicted octanol–water partition coefficient (Wildman–Crippen LogP) is 0.840. The number of nitrogens with two attached hydrogens (primary N) is 1. The Morgan fingerprint density at radius 3 is 2.85 bits per heavy atom. The summed E-state index contributed by atoms with van der Waals surface area (Å²) in [5.41, 5.74) is 5.60. The molecule has 0 aromatic rings. The number of rotatable bonds is 3. The van der Waals surface area contributed by atoms with Crippen molar-refractivity contribution in [1.29, 1.82) is 0 Å². The molecule has 0 radical (unpaired) electrons. The number of likely N-dealkylation sites (tertiary alicyclic amines) is 1. The largest absolute Gasteiger partial charge is 0.342 e. The number of hydrogen-bond donors (Lipinski definition) is 1. The molecule has 1 heterocycles. The minimum absolute atomic E-state index is 0.304. The maximum atomic E-state index is 11.5. The molecule has 0 aromatic carbocycles. The second kappa shape index (κ2) is 4.61. The Morgan fingerprint density at radius 1 is 1.62 bits per heavy atom. The van der Waals surface area contributed by atoms with Crippen molar-refractivity contribution in [3.63, 3.8) is 0 Å². The first-order valence-corrected chi connectivity index (χ1v) is 5.11. The molecule has 1 unspecified atom stereocenters. The van der Waals surface area contributed by atoms with E-state index in [1.807, 2.05) is 4.90 Å². The smallest absolute Gasteiger partial charge is 0.222 e. The zero-order valence-corrected chi connectivity index (χ0v) is 8.62. The first-order valence-electron chi connectivity index (χ1n) is 5.11. The van der Waals surface area contributed by atoms with E-state index in [1.54, 1.807) is 0 Å². The highest BCUT2D eigenvalue weighted by Gasteiger charge is 2.24. The van der Waals surface area contributed by atoms with Crippen molar-refractivity contribution in [3.8, 4) is 0 Å². The molecule has 1 aliphatic rings. The van der Waals surface area contributed by atoms with Crippen LogP contribution in [-0.4, -0.2) is 30.4 Å².